The molecule has 7 nitrogen and oxygen atoms in total. The maximum Gasteiger partial charge on any atom is 0.331 e. The average Bonchev–Trinajstić information content (AvgIpc) is 2.89. The van der Waals surface area contributed by atoms with Crippen molar-refractivity contribution in [3.63, 3.8) is 0 Å². The Hall–Kier alpha value is -2.72. The van der Waals surface area contributed by atoms with Crippen molar-refractivity contribution >= 4 is 29.6 Å². The molecule has 1 heterocycles. The van der Waals surface area contributed by atoms with Crippen LogP contribution in [0.2, 0.25) is 5.02 Å². The Bertz CT molecular complexity index is 772. The summed E-state index contributed by atoms with van der Waals surface area (Å²) in [5, 5.41) is 8.95. The molecule has 1 atom stereocenters. The van der Waals surface area contributed by atoms with Gasteiger partial charge in [0.2, 0.25) is 0 Å². The first-order chi connectivity index (χ1) is 12.9. The minimum absolute atomic E-state index is 0.216. The summed E-state index contributed by atoms with van der Waals surface area (Å²) in [6.45, 7) is 2.82. The van der Waals surface area contributed by atoms with Crippen molar-refractivity contribution in [3.8, 4) is 17.6 Å². The predicted octanol–water partition coefficient (Wildman–Crippen LogP) is 2.82. The first kappa shape index (κ1) is 20.6. The summed E-state index contributed by atoms with van der Waals surface area (Å²) in [6, 6.07) is 5.34. The molecule has 1 aliphatic rings. The first-order valence-electron chi connectivity index (χ1n) is 8.52. The summed E-state index contributed by atoms with van der Waals surface area (Å²) in [6.07, 6.45) is 2.78. The minimum Gasteiger partial charge on any atom is -0.489 e. The maximum atomic E-state index is 12.1. The molecular weight excluding hydrogens is 372 g/mol. The second-order valence-electron chi connectivity index (χ2n) is 5.96. The van der Waals surface area contributed by atoms with E-state index in [0.717, 1.165) is 6.42 Å². The molecule has 1 amide bonds. The van der Waals surface area contributed by atoms with E-state index < -0.39 is 12.1 Å². The van der Waals surface area contributed by atoms with Crippen molar-refractivity contribution in [1.82, 2.24) is 4.90 Å². The SMILES string of the molecule is C[C@H](OC(=O)/C=C/c1cc(Cl)c2c(c1)OCCCO2)C(=O)N(C)CCC#N. The van der Waals surface area contributed by atoms with E-state index in [1.54, 1.807) is 19.2 Å². The number of hydrogen-bond acceptors (Lipinski definition) is 6. The number of nitrogens with zero attached hydrogens (tertiary/aromatic N) is 2. The van der Waals surface area contributed by atoms with Gasteiger partial charge in [-0.15, -0.1) is 0 Å². The summed E-state index contributed by atoms with van der Waals surface area (Å²) < 4.78 is 16.3. The van der Waals surface area contributed by atoms with E-state index in [1.165, 1.54) is 24.0 Å². The predicted molar refractivity (Wildman–Crippen MR) is 99.5 cm³/mol. The van der Waals surface area contributed by atoms with Gasteiger partial charge in [-0.2, -0.15) is 5.26 Å². The third-order valence-corrected chi connectivity index (χ3v) is 4.09. The molecule has 8 heteroatoms. The normalized spacial score (nSPS) is 14.1. The number of ether oxygens (including phenoxy) is 3. The molecular formula is C19H21ClN2O5. The van der Waals surface area contributed by atoms with Gasteiger partial charge in [-0.25, -0.2) is 4.79 Å². The lowest BCUT2D eigenvalue weighted by atomic mass is 10.2. The highest BCUT2D eigenvalue weighted by atomic mass is 35.5. The molecule has 0 aliphatic carbocycles. The Morgan fingerprint density at radius 3 is 2.89 bits per heavy atom. The Morgan fingerprint density at radius 2 is 2.15 bits per heavy atom. The van der Waals surface area contributed by atoms with Crippen LogP contribution in [0.15, 0.2) is 18.2 Å². The topological polar surface area (TPSA) is 88.9 Å². The summed E-state index contributed by atoms with van der Waals surface area (Å²) >= 11 is 6.21. The van der Waals surface area contributed by atoms with Crippen LogP contribution in [-0.2, 0) is 14.3 Å². The number of benzene rings is 1. The number of halogens is 1. The average molecular weight is 393 g/mol. The van der Waals surface area contributed by atoms with Gasteiger partial charge in [0.25, 0.3) is 5.91 Å². The van der Waals surface area contributed by atoms with Crippen LogP contribution in [0.25, 0.3) is 6.08 Å². The zero-order chi connectivity index (χ0) is 19.8. The number of esters is 1. The fourth-order valence-corrected chi connectivity index (χ4v) is 2.69. The van der Waals surface area contributed by atoms with Crippen LogP contribution in [0, 0.1) is 11.3 Å². The molecule has 1 aromatic rings. The zero-order valence-corrected chi connectivity index (χ0v) is 16.0. The number of hydrogen-bond donors (Lipinski definition) is 0. The Kier molecular flexibility index (Phi) is 7.50. The van der Waals surface area contributed by atoms with Crippen molar-refractivity contribution in [2.75, 3.05) is 26.8 Å². The smallest absolute Gasteiger partial charge is 0.331 e. The van der Waals surface area contributed by atoms with E-state index >= 15 is 0 Å². The number of carbonyl (C=O) groups excluding carboxylic acids is 2. The lowest BCUT2D eigenvalue weighted by Gasteiger charge is -2.19. The zero-order valence-electron chi connectivity index (χ0n) is 15.2. The molecule has 0 N–H and O–H groups in total. The highest BCUT2D eigenvalue weighted by Gasteiger charge is 2.20. The quantitative estimate of drug-likeness (QED) is 0.546. The van der Waals surface area contributed by atoms with Gasteiger partial charge in [-0.1, -0.05) is 11.6 Å². The highest BCUT2D eigenvalue weighted by Crippen LogP contribution is 2.38. The van der Waals surface area contributed by atoms with Gasteiger partial charge >= 0.3 is 5.97 Å². The van der Waals surface area contributed by atoms with E-state index in [-0.39, 0.29) is 18.9 Å². The van der Waals surface area contributed by atoms with E-state index in [2.05, 4.69) is 0 Å². The first-order valence-corrected chi connectivity index (χ1v) is 8.90. The molecule has 2 rings (SSSR count). The van der Waals surface area contributed by atoms with Crippen LogP contribution in [0.3, 0.4) is 0 Å². The molecule has 27 heavy (non-hydrogen) atoms. The van der Waals surface area contributed by atoms with Crippen LogP contribution in [0.5, 0.6) is 11.5 Å². The van der Waals surface area contributed by atoms with Crippen molar-refractivity contribution < 1.29 is 23.8 Å². The molecule has 1 aliphatic heterocycles. The molecule has 144 valence electrons. The third-order valence-electron chi connectivity index (χ3n) is 3.81. The largest absolute Gasteiger partial charge is 0.489 e. The van der Waals surface area contributed by atoms with Crippen molar-refractivity contribution in [3.05, 3.63) is 28.8 Å². The Morgan fingerprint density at radius 1 is 1.41 bits per heavy atom. The Labute approximate surface area is 163 Å². The van der Waals surface area contributed by atoms with Gasteiger partial charge in [0, 0.05) is 26.1 Å². The van der Waals surface area contributed by atoms with Gasteiger partial charge in [0.1, 0.15) is 0 Å². The summed E-state index contributed by atoms with van der Waals surface area (Å²) in [5.74, 6) is -0.0115. The Balaban J connectivity index is 1.98. The third kappa shape index (κ3) is 5.90. The number of amides is 1. The van der Waals surface area contributed by atoms with Crippen LogP contribution in [0.1, 0.15) is 25.3 Å². The molecule has 0 radical (unpaired) electrons. The molecule has 0 saturated carbocycles. The van der Waals surface area contributed by atoms with Crippen LogP contribution in [-0.4, -0.2) is 49.7 Å². The minimum atomic E-state index is -0.946. The molecule has 0 saturated heterocycles. The molecule has 1 aromatic carbocycles. The number of rotatable bonds is 6. The number of likely N-dealkylation sites (N-methyl/N-ethyl adjacent to an activating group) is 1. The van der Waals surface area contributed by atoms with Gasteiger partial charge in [0.15, 0.2) is 17.6 Å². The second kappa shape index (κ2) is 9.83. The van der Waals surface area contributed by atoms with Crippen molar-refractivity contribution in [1.29, 1.82) is 5.26 Å². The number of fused-ring (bicyclic) bond motifs is 1. The second-order valence-corrected chi connectivity index (χ2v) is 6.37. The van der Waals surface area contributed by atoms with E-state index in [1.807, 2.05) is 6.07 Å². The van der Waals surface area contributed by atoms with Gasteiger partial charge in [-0.05, 0) is 30.7 Å². The molecule has 0 unspecified atom stereocenters. The standard InChI is InChI=1S/C19H21ClN2O5/c1-13(19(24)22(2)8-3-7-21)27-17(23)6-5-14-11-15(20)18-16(12-14)25-9-4-10-26-18/h5-6,11-13H,3-4,8-10H2,1-2H3/b6-5+/t13-/m0/s1. The fourth-order valence-electron chi connectivity index (χ4n) is 2.41. The molecule has 0 bridgehead atoms. The fraction of sp³-hybridized carbons (Fsp3) is 0.421. The maximum absolute atomic E-state index is 12.1. The summed E-state index contributed by atoms with van der Waals surface area (Å²) in [4.78, 5) is 25.4. The van der Waals surface area contributed by atoms with E-state index in [4.69, 9.17) is 31.1 Å². The van der Waals surface area contributed by atoms with Gasteiger partial charge in [-0.3, -0.25) is 4.79 Å². The molecule has 0 aromatic heterocycles. The van der Waals surface area contributed by atoms with E-state index in [0.29, 0.717) is 35.3 Å². The molecule has 0 spiro atoms. The summed E-state index contributed by atoms with van der Waals surface area (Å²) in [7, 11) is 1.56. The molecule has 0 fully saturated rings. The number of nitriles is 1. The van der Waals surface area contributed by atoms with Crippen LogP contribution in [0.4, 0.5) is 0 Å². The lowest BCUT2D eigenvalue weighted by molar-refractivity contribution is -0.154. The van der Waals surface area contributed by atoms with Crippen LogP contribution >= 0.6 is 11.6 Å². The summed E-state index contributed by atoms with van der Waals surface area (Å²) in [5.41, 5.74) is 0.645. The van der Waals surface area contributed by atoms with E-state index in [9.17, 15) is 9.59 Å². The highest BCUT2D eigenvalue weighted by molar-refractivity contribution is 6.32. The monoisotopic (exact) mass is 392 g/mol. The van der Waals surface area contributed by atoms with Gasteiger partial charge in [0.05, 0.1) is 30.7 Å². The van der Waals surface area contributed by atoms with Crippen molar-refractivity contribution in [2.45, 2.75) is 25.9 Å². The van der Waals surface area contributed by atoms with Crippen molar-refractivity contribution in [2.24, 2.45) is 0 Å². The number of carbonyl (C=O) groups is 2. The van der Waals surface area contributed by atoms with Gasteiger partial charge < -0.3 is 19.1 Å². The lowest BCUT2D eigenvalue weighted by Crippen LogP contribution is -2.37. The van der Waals surface area contributed by atoms with Crippen LogP contribution < -0.4 is 9.47 Å².